The molecule has 0 radical (unpaired) electrons. The van der Waals surface area contributed by atoms with Gasteiger partial charge in [-0.3, -0.25) is 4.79 Å². The van der Waals surface area contributed by atoms with E-state index in [2.05, 4.69) is 10.4 Å². The summed E-state index contributed by atoms with van der Waals surface area (Å²) in [6.07, 6.45) is 1.41. The van der Waals surface area contributed by atoms with Gasteiger partial charge in [0.15, 0.2) is 0 Å². The second kappa shape index (κ2) is 7.23. The third-order valence-electron chi connectivity index (χ3n) is 3.65. The van der Waals surface area contributed by atoms with Gasteiger partial charge in [0.1, 0.15) is 17.7 Å². The normalized spacial score (nSPS) is 12.0. The first-order valence-corrected chi connectivity index (χ1v) is 7.56. The van der Waals surface area contributed by atoms with E-state index in [4.69, 9.17) is 0 Å². The van der Waals surface area contributed by atoms with Crippen LogP contribution in [0, 0.1) is 11.6 Å². The maximum atomic E-state index is 13.6. The molecule has 3 rings (SSSR count). The average molecular weight is 343 g/mol. The molecule has 2 N–H and O–H groups in total. The minimum Gasteiger partial charge on any atom is -0.386 e. The van der Waals surface area contributed by atoms with E-state index in [1.54, 1.807) is 0 Å². The number of aromatic nitrogens is 2. The maximum absolute atomic E-state index is 13.6. The molecule has 0 saturated heterocycles. The molecule has 1 amide bonds. The molecule has 1 heterocycles. The molecule has 0 fully saturated rings. The predicted molar refractivity (Wildman–Crippen MR) is 87.2 cm³/mol. The van der Waals surface area contributed by atoms with Gasteiger partial charge >= 0.3 is 0 Å². The molecule has 0 unspecified atom stereocenters. The monoisotopic (exact) mass is 343 g/mol. The number of nitrogens with zero attached hydrogens (tertiary/aromatic N) is 2. The number of hydrogen-bond acceptors (Lipinski definition) is 3. The Morgan fingerprint density at radius 2 is 1.80 bits per heavy atom. The summed E-state index contributed by atoms with van der Waals surface area (Å²) < 4.78 is 28.8. The number of amides is 1. The van der Waals surface area contributed by atoms with Crippen molar-refractivity contribution in [1.82, 2.24) is 15.1 Å². The molecule has 2 aromatic carbocycles. The number of aliphatic hydroxyl groups is 1. The largest absolute Gasteiger partial charge is 0.386 e. The predicted octanol–water partition coefficient (Wildman–Crippen LogP) is 2.61. The molecule has 1 atom stereocenters. The number of para-hydroxylation sites is 1. The molecule has 0 aliphatic heterocycles. The number of aliphatic hydroxyl groups excluding tert-OH is 1. The van der Waals surface area contributed by atoms with Crippen LogP contribution < -0.4 is 5.32 Å². The fourth-order valence-corrected chi connectivity index (χ4v) is 2.38. The molecule has 128 valence electrons. The van der Waals surface area contributed by atoms with Crippen molar-refractivity contribution in [3.8, 4) is 5.69 Å². The van der Waals surface area contributed by atoms with E-state index in [1.165, 1.54) is 23.1 Å². The topological polar surface area (TPSA) is 67.2 Å². The summed E-state index contributed by atoms with van der Waals surface area (Å²) in [7, 11) is 0. The molecule has 1 aromatic heterocycles. The minimum atomic E-state index is -1.49. The molecule has 0 bridgehead atoms. The van der Waals surface area contributed by atoms with Crippen LogP contribution in [-0.4, -0.2) is 27.3 Å². The second-order valence-electron chi connectivity index (χ2n) is 5.37. The van der Waals surface area contributed by atoms with Crippen LogP contribution in [0.25, 0.3) is 5.69 Å². The van der Waals surface area contributed by atoms with Crippen LogP contribution in [0.5, 0.6) is 0 Å². The fourth-order valence-electron chi connectivity index (χ4n) is 2.38. The quantitative estimate of drug-likeness (QED) is 0.748. The Labute approximate surface area is 142 Å². The first-order chi connectivity index (χ1) is 12.1. The van der Waals surface area contributed by atoms with Gasteiger partial charge in [0, 0.05) is 12.7 Å². The van der Waals surface area contributed by atoms with Crippen molar-refractivity contribution in [3.63, 3.8) is 0 Å². The summed E-state index contributed by atoms with van der Waals surface area (Å²) in [4.78, 5) is 12.1. The lowest BCUT2D eigenvalue weighted by Gasteiger charge is -2.13. The summed E-state index contributed by atoms with van der Waals surface area (Å²) in [6, 6.07) is 12.5. The number of halogens is 2. The van der Waals surface area contributed by atoms with Crippen LogP contribution in [0.15, 0.2) is 60.9 Å². The Kier molecular flexibility index (Phi) is 4.85. The van der Waals surface area contributed by atoms with Crippen molar-refractivity contribution in [2.45, 2.75) is 6.10 Å². The molecule has 5 nitrogen and oxygen atoms in total. The van der Waals surface area contributed by atoms with Gasteiger partial charge in [-0.1, -0.05) is 24.3 Å². The Bertz CT molecular complexity index is 861. The molecule has 0 aliphatic rings. The molecule has 7 heteroatoms. The minimum absolute atomic E-state index is 0.269. The fraction of sp³-hybridized carbons (Fsp3) is 0.111. The molecule has 0 spiro atoms. The van der Waals surface area contributed by atoms with E-state index >= 15 is 0 Å². The average Bonchev–Trinajstić information content (AvgIpc) is 3.10. The van der Waals surface area contributed by atoms with Crippen LogP contribution in [0.2, 0.25) is 0 Å². The molecule has 3 aromatic rings. The van der Waals surface area contributed by atoms with Crippen LogP contribution in [0.4, 0.5) is 8.78 Å². The Balaban J connectivity index is 1.66. The lowest BCUT2D eigenvalue weighted by molar-refractivity contribution is 0.0911. The highest BCUT2D eigenvalue weighted by Crippen LogP contribution is 2.20. The van der Waals surface area contributed by atoms with Crippen molar-refractivity contribution in [2.75, 3.05) is 6.54 Å². The van der Waals surface area contributed by atoms with Gasteiger partial charge in [-0.2, -0.15) is 5.10 Å². The smallest absolute Gasteiger partial charge is 0.254 e. The first-order valence-electron chi connectivity index (χ1n) is 7.56. The Hall–Kier alpha value is -3.06. The lowest BCUT2D eigenvalue weighted by atomic mass is 10.1. The molecular formula is C18H15F2N3O2. The zero-order valence-corrected chi connectivity index (χ0v) is 13.1. The summed E-state index contributed by atoms with van der Waals surface area (Å²) in [5, 5.41) is 16.5. The summed E-state index contributed by atoms with van der Waals surface area (Å²) in [5.41, 5.74) is 0.586. The molecule has 0 aliphatic carbocycles. The molecule has 25 heavy (non-hydrogen) atoms. The second-order valence-corrected chi connectivity index (χ2v) is 5.37. The lowest BCUT2D eigenvalue weighted by Crippen LogP contribution is -2.28. The number of carbonyl (C=O) groups excluding carboxylic acids is 1. The van der Waals surface area contributed by atoms with Crippen molar-refractivity contribution in [2.24, 2.45) is 0 Å². The van der Waals surface area contributed by atoms with Crippen molar-refractivity contribution < 1.29 is 18.7 Å². The van der Waals surface area contributed by atoms with E-state index in [1.807, 2.05) is 30.3 Å². The van der Waals surface area contributed by atoms with Crippen LogP contribution in [0.3, 0.4) is 0 Å². The number of rotatable bonds is 5. The maximum Gasteiger partial charge on any atom is 0.254 e. The molecule has 0 saturated carbocycles. The van der Waals surface area contributed by atoms with Crippen molar-refractivity contribution >= 4 is 5.91 Å². The highest BCUT2D eigenvalue weighted by molar-refractivity contribution is 5.93. The first kappa shape index (κ1) is 16.8. The van der Waals surface area contributed by atoms with E-state index in [0.29, 0.717) is 0 Å². The Morgan fingerprint density at radius 1 is 1.12 bits per heavy atom. The van der Waals surface area contributed by atoms with E-state index in [-0.39, 0.29) is 12.1 Å². The third kappa shape index (κ3) is 3.72. The Morgan fingerprint density at radius 3 is 2.48 bits per heavy atom. The van der Waals surface area contributed by atoms with Gasteiger partial charge < -0.3 is 10.4 Å². The summed E-state index contributed by atoms with van der Waals surface area (Å²) in [6.45, 7) is -0.326. The van der Waals surface area contributed by atoms with Gasteiger partial charge in [-0.05, 0) is 24.3 Å². The SMILES string of the molecule is O=C(NC[C@H](O)c1c(F)cccc1F)c1cnn(-c2ccccc2)c1. The van der Waals surface area contributed by atoms with E-state index in [9.17, 15) is 18.7 Å². The van der Waals surface area contributed by atoms with E-state index < -0.39 is 29.2 Å². The highest BCUT2D eigenvalue weighted by Gasteiger charge is 2.19. The van der Waals surface area contributed by atoms with Crippen LogP contribution in [-0.2, 0) is 0 Å². The third-order valence-corrected chi connectivity index (χ3v) is 3.65. The van der Waals surface area contributed by atoms with Gasteiger partial charge in [0.2, 0.25) is 0 Å². The van der Waals surface area contributed by atoms with Crippen molar-refractivity contribution in [1.29, 1.82) is 0 Å². The van der Waals surface area contributed by atoms with Gasteiger partial charge in [0.25, 0.3) is 5.91 Å². The number of benzene rings is 2. The van der Waals surface area contributed by atoms with Crippen molar-refractivity contribution in [3.05, 3.63) is 83.7 Å². The zero-order chi connectivity index (χ0) is 17.8. The highest BCUT2D eigenvalue weighted by atomic mass is 19.1. The standard InChI is InChI=1S/C18H15F2N3O2/c19-14-7-4-8-15(20)17(14)16(24)10-21-18(25)12-9-22-23(11-12)13-5-2-1-3-6-13/h1-9,11,16,24H,10H2,(H,21,25)/t16-/m0/s1. The van der Waals surface area contributed by atoms with Gasteiger partial charge in [-0.15, -0.1) is 0 Å². The van der Waals surface area contributed by atoms with Crippen LogP contribution >= 0.6 is 0 Å². The van der Waals surface area contributed by atoms with Crippen LogP contribution in [0.1, 0.15) is 22.0 Å². The van der Waals surface area contributed by atoms with Gasteiger partial charge in [-0.25, -0.2) is 13.5 Å². The zero-order valence-electron chi connectivity index (χ0n) is 13.1. The molecular weight excluding hydrogens is 328 g/mol. The summed E-state index contributed by atoms with van der Waals surface area (Å²) >= 11 is 0. The number of nitrogens with one attached hydrogen (secondary N) is 1. The van der Waals surface area contributed by atoms with E-state index in [0.717, 1.165) is 17.8 Å². The summed E-state index contributed by atoms with van der Waals surface area (Å²) in [5.74, 6) is -2.23. The number of hydrogen-bond donors (Lipinski definition) is 2. The number of carbonyl (C=O) groups is 1. The van der Waals surface area contributed by atoms with Gasteiger partial charge in [0.05, 0.1) is 23.0 Å².